The second-order valence-corrected chi connectivity index (χ2v) is 5.56. The molecular formula is C19H20N2O2. The summed E-state index contributed by atoms with van der Waals surface area (Å²) >= 11 is 0. The molecule has 3 aromatic rings. The lowest BCUT2D eigenvalue weighted by Crippen LogP contribution is -2.12. The first kappa shape index (κ1) is 15.3. The maximum absolute atomic E-state index is 10.8. The number of rotatable bonds is 6. The van der Waals surface area contributed by atoms with Gasteiger partial charge in [-0.15, -0.1) is 0 Å². The zero-order valence-corrected chi connectivity index (χ0v) is 13.1. The molecule has 1 aromatic heterocycles. The predicted molar refractivity (Wildman–Crippen MR) is 91.6 cm³/mol. The summed E-state index contributed by atoms with van der Waals surface area (Å²) < 4.78 is 2.26. The maximum Gasteiger partial charge on any atom is 0.335 e. The number of aromatic carboxylic acids is 1. The van der Waals surface area contributed by atoms with E-state index in [0.29, 0.717) is 12.1 Å². The fourth-order valence-corrected chi connectivity index (χ4v) is 2.83. The van der Waals surface area contributed by atoms with E-state index >= 15 is 0 Å². The van der Waals surface area contributed by atoms with Gasteiger partial charge in [-0.25, -0.2) is 4.79 Å². The summed E-state index contributed by atoms with van der Waals surface area (Å²) in [7, 11) is 0. The van der Waals surface area contributed by atoms with Gasteiger partial charge in [0, 0.05) is 36.7 Å². The highest BCUT2D eigenvalue weighted by atomic mass is 16.4. The van der Waals surface area contributed by atoms with Crippen LogP contribution in [0.4, 0.5) is 0 Å². The minimum Gasteiger partial charge on any atom is -0.478 e. The second kappa shape index (κ2) is 6.67. The van der Waals surface area contributed by atoms with E-state index in [1.54, 1.807) is 12.1 Å². The van der Waals surface area contributed by atoms with Crippen LogP contribution in [-0.4, -0.2) is 15.6 Å². The van der Waals surface area contributed by atoms with Crippen LogP contribution in [0, 0.1) is 0 Å². The highest BCUT2D eigenvalue weighted by Crippen LogP contribution is 2.21. The molecule has 0 bridgehead atoms. The fraction of sp³-hybridized carbons (Fsp3) is 0.211. The van der Waals surface area contributed by atoms with E-state index in [9.17, 15) is 4.79 Å². The number of hydrogen-bond acceptors (Lipinski definition) is 2. The topological polar surface area (TPSA) is 54.3 Å². The first-order valence-electron chi connectivity index (χ1n) is 7.78. The first-order chi connectivity index (χ1) is 11.2. The summed E-state index contributed by atoms with van der Waals surface area (Å²) in [5.74, 6) is -0.892. The third-order valence-corrected chi connectivity index (χ3v) is 4.06. The van der Waals surface area contributed by atoms with Crippen molar-refractivity contribution in [2.45, 2.75) is 26.6 Å². The number of aryl methyl sites for hydroxylation is 1. The predicted octanol–water partition coefficient (Wildman–Crippen LogP) is 3.65. The van der Waals surface area contributed by atoms with Gasteiger partial charge in [0.1, 0.15) is 0 Å². The number of nitrogens with zero attached hydrogens (tertiary/aromatic N) is 1. The third kappa shape index (κ3) is 3.27. The smallest absolute Gasteiger partial charge is 0.335 e. The molecule has 2 aromatic carbocycles. The van der Waals surface area contributed by atoms with Crippen LogP contribution in [0.3, 0.4) is 0 Å². The fourth-order valence-electron chi connectivity index (χ4n) is 2.83. The highest BCUT2D eigenvalue weighted by molar-refractivity contribution is 5.87. The summed E-state index contributed by atoms with van der Waals surface area (Å²) in [4.78, 5) is 10.8. The van der Waals surface area contributed by atoms with Crippen LogP contribution in [0.1, 0.15) is 28.4 Å². The molecule has 0 spiro atoms. The molecule has 0 unspecified atom stereocenters. The van der Waals surface area contributed by atoms with Crippen LogP contribution in [0.2, 0.25) is 0 Å². The Morgan fingerprint density at radius 1 is 1.09 bits per heavy atom. The molecule has 23 heavy (non-hydrogen) atoms. The lowest BCUT2D eigenvalue weighted by Gasteiger charge is -2.05. The van der Waals surface area contributed by atoms with Crippen molar-refractivity contribution in [2.75, 3.05) is 0 Å². The van der Waals surface area contributed by atoms with E-state index in [1.165, 1.54) is 16.5 Å². The molecule has 2 N–H and O–H groups in total. The number of carboxylic acid groups (broad SMARTS) is 1. The Hall–Kier alpha value is -2.59. The third-order valence-electron chi connectivity index (χ3n) is 4.06. The molecule has 0 saturated heterocycles. The minimum absolute atomic E-state index is 0.319. The molecule has 0 aliphatic carbocycles. The minimum atomic E-state index is -0.892. The normalized spacial score (nSPS) is 11.0. The van der Waals surface area contributed by atoms with Crippen LogP contribution in [0.5, 0.6) is 0 Å². The zero-order chi connectivity index (χ0) is 16.2. The van der Waals surface area contributed by atoms with Crippen molar-refractivity contribution in [3.63, 3.8) is 0 Å². The zero-order valence-electron chi connectivity index (χ0n) is 13.1. The van der Waals surface area contributed by atoms with Crippen LogP contribution in [0.15, 0.2) is 54.7 Å². The number of aromatic nitrogens is 1. The molecule has 1 heterocycles. The number of nitrogens with one attached hydrogen (secondary N) is 1. The van der Waals surface area contributed by atoms with Crippen LogP contribution in [-0.2, 0) is 19.6 Å². The quantitative estimate of drug-likeness (QED) is 0.731. The Bertz CT molecular complexity index is 819. The van der Waals surface area contributed by atoms with Crippen molar-refractivity contribution >= 4 is 16.9 Å². The van der Waals surface area contributed by atoms with Gasteiger partial charge in [0.2, 0.25) is 0 Å². The Kier molecular flexibility index (Phi) is 4.44. The van der Waals surface area contributed by atoms with E-state index in [0.717, 1.165) is 18.7 Å². The summed E-state index contributed by atoms with van der Waals surface area (Å²) in [6.07, 6.45) is 2.20. The molecule has 0 atom stereocenters. The average molecular weight is 308 g/mol. The van der Waals surface area contributed by atoms with Crippen LogP contribution in [0.25, 0.3) is 10.9 Å². The standard InChI is InChI=1S/C19H20N2O2/c1-2-21-13-16(17-5-3-4-6-18(17)21)12-20-11-14-7-9-15(10-8-14)19(22)23/h3-10,13,20H,2,11-12H2,1H3,(H,22,23). The van der Waals surface area contributed by atoms with E-state index < -0.39 is 5.97 Å². The van der Waals surface area contributed by atoms with Gasteiger partial charge in [-0.05, 0) is 36.2 Å². The first-order valence-corrected chi connectivity index (χ1v) is 7.78. The molecule has 0 saturated carbocycles. The molecule has 3 rings (SSSR count). The molecule has 0 radical (unpaired) electrons. The van der Waals surface area contributed by atoms with Crippen molar-refractivity contribution < 1.29 is 9.90 Å². The number of benzene rings is 2. The Morgan fingerprint density at radius 3 is 2.52 bits per heavy atom. The van der Waals surface area contributed by atoms with Gasteiger partial charge >= 0.3 is 5.97 Å². The SMILES string of the molecule is CCn1cc(CNCc2ccc(C(=O)O)cc2)c2ccccc21. The summed E-state index contributed by atoms with van der Waals surface area (Å²) in [5.41, 5.74) is 3.94. The van der Waals surface area contributed by atoms with E-state index in [2.05, 4.69) is 47.3 Å². The Balaban J connectivity index is 1.68. The summed E-state index contributed by atoms with van der Waals surface area (Å²) in [6, 6.07) is 15.4. The van der Waals surface area contributed by atoms with Gasteiger partial charge in [0.05, 0.1) is 5.56 Å². The number of para-hydroxylation sites is 1. The summed E-state index contributed by atoms with van der Waals surface area (Å²) in [6.45, 7) is 4.60. The molecule has 0 amide bonds. The Labute approximate surface area is 135 Å². The van der Waals surface area contributed by atoms with Crippen molar-refractivity contribution in [3.8, 4) is 0 Å². The lowest BCUT2D eigenvalue weighted by atomic mass is 10.1. The van der Waals surface area contributed by atoms with Gasteiger partial charge in [0.25, 0.3) is 0 Å². The summed E-state index contributed by atoms with van der Waals surface area (Å²) in [5, 5.41) is 13.6. The van der Waals surface area contributed by atoms with Crippen LogP contribution < -0.4 is 5.32 Å². The molecule has 0 aliphatic rings. The molecule has 0 fully saturated rings. The van der Waals surface area contributed by atoms with Crippen molar-refractivity contribution in [3.05, 3.63) is 71.4 Å². The number of hydrogen-bond donors (Lipinski definition) is 2. The van der Waals surface area contributed by atoms with E-state index in [1.807, 2.05) is 12.1 Å². The lowest BCUT2D eigenvalue weighted by molar-refractivity contribution is 0.0697. The maximum atomic E-state index is 10.8. The van der Waals surface area contributed by atoms with Crippen molar-refractivity contribution in [2.24, 2.45) is 0 Å². The van der Waals surface area contributed by atoms with Crippen molar-refractivity contribution in [1.29, 1.82) is 0 Å². The molecule has 0 aliphatic heterocycles. The van der Waals surface area contributed by atoms with Gasteiger partial charge in [-0.1, -0.05) is 30.3 Å². The average Bonchev–Trinajstić information content (AvgIpc) is 2.94. The molecule has 118 valence electrons. The number of carboxylic acids is 1. The van der Waals surface area contributed by atoms with Crippen molar-refractivity contribution in [1.82, 2.24) is 9.88 Å². The number of fused-ring (bicyclic) bond motifs is 1. The Morgan fingerprint density at radius 2 is 1.83 bits per heavy atom. The van der Waals surface area contributed by atoms with E-state index in [-0.39, 0.29) is 0 Å². The molecule has 4 nitrogen and oxygen atoms in total. The van der Waals surface area contributed by atoms with E-state index in [4.69, 9.17) is 5.11 Å². The van der Waals surface area contributed by atoms with Gasteiger partial charge < -0.3 is 15.0 Å². The van der Waals surface area contributed by atoms with Crippen LogP contribution >= 0.6 is 0 Å². The highest BCUT2D eigenvalue weighted by Gasteiger charge is 2.07. The second-order valence-electron chi connectivity index (χ2n) is 5.56. The number of carbonyl (C=O) groups is 1. The largest absolute Gasteiger partial charge is 0.478 e. The molecule has 4 heteroatoms. The van der Waals surface area contributed by atoms with Gasteiger partial charge in [-0.2, -0.15) is 0 Å². The monoisotopic (exact) mass is 308 g/mol. The van der Waals surface area contributed by atoms with Gasteiger partial charge in [-0.3, -0.25) is 0 Å². The molecular weight excluding hydrogens is 288 g/mol. The van der Waals surface area contributed by atoms with Gasteiger partial charge in [0.15, 0.2) is 0 Å².